The normalized spacial score (nSPS) is 7.96. The molecule has 0 heterocycles. The summed E-state index contributed by atoms with van der Waals surface area (Å²) in [5.74, 6) is 0. The number of hydrogen-bond donors (Lipinski definition) is 6. The maximum atomic E-state index is 8.66. The van der Waals surface area contributed by atoms with E-state index in [2.05, 4.69) is 19.1 Å². The van der Waals surface area contributed by atoms with Crippen LogP contribution >= 0.6 is 0 Å². The molecule has 8 nitrogen and oxygen atoms in total. The monoisotopic (exact) mass is 344 g/mol. The highest BCUT2D eigenvalue weighted by Crippen LogP contribution is 2.18. The largest absolute Gasteiger partial charge is 0.400 e. The van der Waals surface area contributed by atoms with Gasteiger partial charge in [-0.05, 0) is 13.3 Å². The minimum Gasteiger partial charge on any atom is -0.400 e. The molecule has 0 aliphatic rings. The molecule has 0 atom stereocenters. The number of aliphatic hydroxyl groups excluding tert-OH is 4. The number of hydrogen-bond acceptors (Lipinski definition) is 8. The van der Waals surface area contributed by atoms with Crippen LogP contribution in [0.1, 0.15) is 18.9 Å². The van der Waals surface area contributed by atoms with Crippen molar-refractivity contribution in [3.05, 3.63) is 35.9 Å². The van der Waals surface area contributed by atoms with E-state index in [1.54, 1.807) is 0 Å². The number of aliphatic hydroxyl groups is 4. The summed E-state index contributed by atoms with van der Waals surface area (Å²) >= 11 is 0. The Morgan fingerprint density at radius 2 is 1.21 bits per heavy atom. The van der Waals surface area contributed by atoms with Gasteiger partial charge in [-0.25, -0.2) is 20.4 Å². The summed E-state index contributed by atoms with van der Waals surface area (Å²) in [5.41, 5.74) is 0.655. The third-order valence-corrected chi connectivity index (χ3v) is 2.70. The fraction of sp³-hybridized carbons (Fsp3) is 0.500. The van der Waals surface area contributed by atoms with E-state index in [-0.39, 0.29) is 19.8 Å². The summed E-state index contributed by atoms with van der Waals surface area (Å²) in [6, 6.07) is 10.3. The van der Waals surface area contributed by atoms with E-state index in [4.69, 9.17) is 40.8 Å². The lowest BCUT2D eigenvalue weighted by molar-refractivity contribution is 0.00304. The van der Waals surface area contributed by atoms with Crippen molar-refractivity contribution in [1.29, 1.82) is 10.8 Å². The highest BCUT2D eigenvalue weighted by molar-refractivity contribution is 5.26. The van der Waals surface area contributed by atoms with E-state index in [1.165, 1.54) is 5.56 Å². The average Bonchev–Trinajstić information content (AvgIpc) is 2.62. The molecular formula is C16H28N2O6. The molecule has 0 aliphatic carbocycles. The molecule has 6 N–H and O–H groups in total. The topological polar surface area (TPSA) is 163 Å². The molecule has 24 heavy (non-hydrogen) atoms. The summed E-state index contributed by atoms with van der Waals surface area (Å²) < 4.78 is 0. The second-order valence-electron chi connectivity index (χ2n) is 4.19. The quantitative estimate of drug-likeness (QED) is 0.349. The number of aryl methyl sites for hydroxylation is 1. The van der Waals surface area contributed by atoms with E-state index >= 15 is 0 Å². The molecular weight excluding hydrogens is 316 g/mol. The lowest BCUT2D eigenvalue weighted by Crippen LogP contribution is -2.32. The smallest absolute Gasteiger partial charge is 0.231 e. The number of benzene rings is 1. The van der Waals surface area contributed by atoms with E-state index < -0.39 is 5.41 Å². The Labute approximate surface area is 142 Å². The van der Waals surface area contributed by atoms with Crippen LogP contribution in [-0.2, 0) is 9.59 Å². The van der Waals surface area contributed by atoms with E-state index in [0.717, 1.165) is 19.3 Å². The maximum Gasteiger partial charge on any atom is 0.231 e. The second kappa shape index (κ2) is 25.8. The lowest BCUT2D eigenvalue weighted by atomic mass is 9.88. The van der Waals surface area contributed by atoms with Crippen LogP contribution in [0.15, 0.2) is 30.3 Å². The maximum absolute atomic E-state index is 8.66. The van der Waals surface area contributed by atoms with Crippen LogP contribution in [0.2, 0.25) is 0 Å². The van der Waals surface area contributed by atoms with Gasteiger partial charge in [0.25, 0.3) is 0 Å². The van der Waals surface area contributed by atoms with Crippen LogP contribution in [0.5, 0.6) is 0 Å². The zero-order chi connectivity index (χ0) is 19.9. The first-order valence-electron chi connectivity index (χ1n) is 6.84. The van der Waals surface area contributed by atoms with Crippen molar-refractivity contribution in [3.8, 4) is 0 Å². The number of rotatable bonds is 4. The van der Waals surface area contributed by atoms with E-state index in [9.17, 15) is 0 Å². The van der Waals surface area contributed by atoms with Gasteiger partial charge in [-0.2, -0.15) is 0 Å². The SMILES string of the molecule is CCC(CO)(CO)CO.CO.Cc1ccccc1.N=C=O.N=C=O. The molecule has 0 aliphatic heterocycles. The molecule has 138 valence electrons. The second-order valence-corrected chi connectivity index (χ2v) is 4.19. The van der Waals surface area contributed by atoms with Crippen molar-refractivity contribution in [2.45, 2.75) is 20.3 Å². The minimum atomic E-state index is -0.667. The van der Waals surface area contributed by atoms with Crippen LogP contribution in [-0.4, -0.2) is 59.5 Å². The van der Waals surface area contributed by atoms with Crippen LogP contribution in [0, 0.1) is 23.2 Å². The summed E-state index contributed by atoms with van der Waals surface area (Å²) in [6.07, 6.45) is 2.09. The number of carbonyl (C=O) groups excluding carboxylic acids is 2. The summed E-state index contributed by atoms with van der Waals surface area (Å²) in [6.45, 7) is 3.44. The molecule has 0 saturated heterocycles. The molecule has 0 fully saturated rings. The Hall–Kier alpha value is -2.18. The van der Waals surface area contributed by atoms with Gasteiger partial charge in [0.05, 0.1) is 19.8 Å². The Bertz CT molecular complexity index is 380. The van der Waals surface area contributed by atoms with Gasteiger partial charge in [0.15, 0.2) is 0 Å². The molecule has 0 spiro atoms. The molecule has 0 bridgehead atoms. The standard InChI is InChI=1S/C7H8.C6H14O3.2CHNO.CH4O/c1-7-5-3-2-4-6-7;1-2-6(3-7,4-8)5-9;2*2-1-3;1-2/h2-6H,1H3;7-9H,2-5H2,1H3;2*2H;2H,1H3. The highest BCUT2D eigenvalue weighted by atomic mass is 16.3. The van der Waals surface area contributed by atoms with E-state index in [1.807, 2.05) is 25.1 Å². The first kappa shape index (κ1) is 29.8. The van der Waals surface area contributed by atoms with Crippen LogP contribution in [0.25, 0.3) is 0 Å². The number of isocyanates is 2. The highest BCUT2D eigenvalue weighted by Gasteiger charge is 2.24. The average molecular weight is 344 g/mol. The molecule has 0 aromatic heterocycles. The Morgan fingerprint density at radius 1 is 0.917 bits per heavy atom. The zero-order valence-electron chi connectivity index (χ0n) is 14.3. The van der Waals surface area contributed by atoms with Gasteiger partial charge in [-0.3, -0.25) is 0 Å². The Kier molecular flexibility index (Phi) is 32.0. The van der Waals surface area contributed by atoms with Crippen molar-refractivity contribution in [3.63, 3.8) is 0 Å². The van der Waals surface area contributed by atoms with Crippen molar-refractivity contribution in [2.24, 2.45) is 5.41 Å². The predicted octanol–water partition coefficient (Wildman–Crippen LogP) is 0.765. The van der Waals surface area contributed by atoms with Crippen LogP contribution < -0.4 is 0 Å². The molecule has 0 amide bonds. The van der Waals surface area contributed by atoms with Gasteiger partial charge in [-0.15, -0.1) is 0 Å². The lowest BCUT2D eigenvalue weighted by Gasteiger charge is -2.24. The molecule has 1 aromatic carbocycles. The van der Waals surface area contributed by atoms with Crippen LogP contribution in [0.4, 0.5) is 0 Å². The predicted molar refractivity (Wildman–Crippen MR) is 90.1 cm³/mol. The minimum absolute atomic E-state index is 0.156. The Balaban J connectivity index is -0.000000118. The van der Waals surface area contributed by atoms with Crippen molar-refractivity contribution in [2.75, 3.05) is 26.9 Å². The first-order valence-corrected chi connectivity index (χ1v) is 6.84. The van der Waals surface area contributed by atoms with Crippen molar-refractivity contribution >= 4 is 12.2 Å². The molecule has 0 saturated carbocycles. The molecule has 1 rings (SSSR count). The first-order chi connectivity index (χ1) is 11.5. The Morgan fingerprint density at radius 3 is 1.29 bits per heavy atom. The van der Waals surface area contributed by atoms with Gasteiger partial charge >= 0.3 is 0 Å². The molecule has 0 unspecified atom stereocenters. The van der Waals surface area contributed by atoms with Gasteiger partial charge in [0.2, 0.25) is 12.2 Å². The third-order valence-electron chi connectivity index (χ3n) is 2.70. The van der Waals surface area contributed by atoms with E-state index in [0.29, 0.717) is 6.42 Å². The van der Waals surface area contributed by atoms with Crippen LogP contribution in [0.3, 0.4) is 0 Å². The zero-order valence-corrected chi connectivity index (χ0v) is 14.3. The fourth-order valence-corrected chi connectivity index (χ4v) is 1.02. The number of nitrogens with one attached hydrogen (secondary N) is 2. The van der Waals surface area contributed by atoms with Crippen molar-refractivity contribution < 1.29 is 30.0 Å². The summed E-state index contributed by atoms with van der Waals surface area (Å²) in [7, 11) is 1.00. The summed E-state index contributed by atoms with van der Waals surface area (Å²) in [5, 5.41) is 43.8. The fourth-order valence-electron chi connectivity index (χ4n) is 1.02. The van der Waals surface area contributed by atoms with Gasteiger partial charge in [-0.1, -0.05) is 42.8 Å². The van der Waals surface area contributed by atoms with Crippen molar-refractivity contribution in [1.82, 2.24) is 0 Å². The van der Waals surface area contributed by atoms with Gasteiger partial charge in [0.1, 0.15) is 0 Å². The van der Waals surface area contributed by atoms with Gasteiger partial charge in [0, 0.05) is 12.5 Å². The molecule has 8 heteroatoms. The molecule has 1 aromatic rings. The molecule has 0 radical (unpaired) electrons. The third kappa shape index (κ3) is 22.1. The van der Waals surface area contributed by atoms with Gasteiger partial charge < -0.3 is 20.4 Å². The summed E-state index contributed by atoms with van der Waals surface area (Å²) in [4.78, 5) is 16.7.